The van der Waals surface area contributed by atoms with Crippen molar-refractivity contribution in [3.8, 4) is 0 Å². The second-order valence-corrected chi connectivity index (χ2v) is 3.88. The van der Waals surface area contributed by atoms with Gasteiger partial charge >= 0.3 is 0 Å². The minimum absolute atomic E-state index is 0.282. The van der Waals surface area contributed by atoms with Crippen molar-refractivity contribution < 1.29 is 9.21 Å². The third kappa shape index (κ3) is 3.67. The average Bonchev–Trinajstić information content (AvgIpc) is 2.86. The van der Waals surface area contributed by atoms with Crippen LogP contribution in [0.1, 0.15) is 21.7 Å². The summed E-state index contributed by atoms with van der Waals surface area (Å²) in [5.41, 5.74) is 4.00. The van der Waals surface area contributed by atoms with Crippen molar-refractivity contribution >= 4 is 18.2 Å². The van der Waals surface area contributed by atoms with Crippen LogP contribution in [-0.4, -0.2) is 12.1 Å². The van der Waals surface area contributed by atoms with Crippen LogP contribution >= 0.6 is 0 Å². The minimum atomic E-state index is -0.282. The minimum Gasteiger partial charge on any atom is -0.469 e. The number of rotatable bonds is 4. The molecule has 1 aromatic carbocycles. The molecule has 0 saturated heterocycles. The topological polar surface area (TPSA) is 54.6 Å². The van der Waals surface area contributed by atoms with Gasteiger partial charge in [0.25, 0.3) is 5.91 Å². The molecular formula is C15H14N2O2. The predicted octanol–water partition coefficient (Wildman–Crippen LogP) is 3.02. The van der Waals surface area contributed by atoms with E-state index in [2.05, 4.69) is 10.5 Å². The van der Waals surface area contributed by atoms with Gasteiger partial charge in [-0.1, -0.05) is 36.4 Å². The molecule has 1 heterocycles. The average molecular weight is 254 g/mol. The first kappa shape index (κ1) is 12.8. The van der Waals surface area contributed by atoms with E-state index in [4.69, 9.17) is 4.42 Å². The Balaban J connectivity index is 1.86. The molecule has 2 rings (SSSR count). The molecule has 19 heavy (non-hydrogen) atoms. The van der Waals surface area contributed by atoms with E-state index in [1.807, 2.05) is 36.4 Å². The van der Waals surface area contributed by atoms with Crippen LogP contribution in [0.2, 0.25) is 0 Å². The molecule has 0 aliphatic heterocycles. The number of hydrogen-bond acceptors (Lipinski definition) is 3. The first-order valence-electron chi connectivity index (χ1n) is 5.86. The highest BCUT2D eigenvalue weighted by atomic mass is 16.3. The standard InChI is InChI=1S/C15H14N2O2/c1-12-14(9-11-19-12)15(18)17-16-10-5-8-13-6-3-2-4-7-13/h2-11H,1H3,(H,17,18). The summed E-state index contributed by atoms with van der Waals surface area (Å²) in [4.78, 5) is 11.7. The van der Waals surface area contributed by atoms with Crippen LogP contribution in [0.15, 0.2) is 58.3 Å². The number of carbonyl (C=O) groups excluding carboxylic acids is 1. The van der Waals surface area contributed by atoms with Crippen LogP contribution in [0.4, 0.5) is 0 Å². The molecule has 0 aliphatic carbocycles. The zero-order chi connectivity index (χ0) is 13.5. The third-order valence-electron chi connectivity index (χ3n) is 2.52. The van der Waals surface area contributed by atoms with Crippen molar-refractivity contribution in [2.45, 2.75) is 6.92 Å². The maximum absolute atomic E-state index is 11.7. The van der Waals surface area contributed by atoms with Crippen LogP contribution < -0.4 is 5.43 Å². The summed E-state index contributed by atoms with van der Waals surface area (Å²) < 4.78 is 5.04. The van der Waals surface area contributed by atoms with Gasteiger partial charge in [-0.15, -0.1) is 0 Å². The zero-order valence-electron chi connectivity index (χ0n) is 10.5. The number of nitrogens with one attached hydrogen (secondary N) is 1. The lowest BCUT2D eigenvalue weighted by atomic mass is 10.2. The van der Waals surface area contributed by atoms with Crippen LogP contribution in [0.25, 0.3) is 6.08 Å². The van der Waals surface area contributed by atoms with Crippen molar-refractivity contribution in [2.75, 3.05) is 0 Å². The number of allylic oxidation sites excluding steroid dienone is 1. The summed E-state index contributed by atoms with van der Waals surface area (Å²) in [6.45, 7) is 1.73. The van der Waals surface area contributed by atoms with Crippen molar-refractivity contribution in [3.63, 3.8) is 0 Å². The lowest BCUT2D eigenvalue weighted by Crippen LogP contribution is -2.17. The monoisotopic (exact) mass is 254 g/mol. The number of furan rings is 1. The molecule has 0 fully saturated rings. The molecule has 96 valence electrons. The van der Waals surface area contributed by atoms with Gasteiger partial charge in [0.05, 0.1) is 11.8 Å². The van der Waals surface area contributed by atoms with E-state index in [0.29, 0.717) is 11.3 Å². The van der Waals surface area contributed by atoms with Crippen molar-refractivity contribution in [1.82, 2.24) is 5.43 Å². The van der Waals surface area contributed by atoms with Gasteiger partial charge in [-0.2, -0.15) is 5.10 Å². The van der Waals surface area contributed by atoms with Crippen LogP contribution in [-0.2, 0) is 0 Å². The quantitative estimate of drug-likeness (QED) is 0.673. The normalized spacial score (nSPS) is 11.2. The Hall–Kier alpha value is -2.62. The molecule has 4 nitrogen and oxygen atoms in total. The van der Waals surface area contributed by atoms with Gasteiger partial charge in [0, 0.05) is 6.21 Å². The summed E-state index contributed by atoms with van der Waals surface area (Å²) in [7, 11) is 0. The van der Waals surface area contributed by atoms with E-state index in [1.54, 1.807) is 19.1 Å². The SMILES string of the molecule is Cc1occc1C(=O)NN=CC=Cc1ccccc1. The first-order valence-corrected chi connectivity index (χ1v) is 5.86. The number of carbonyl (C=O) groups is 1. The Morgan fingerprint density at radius 1 is 1.26 bits per heavy atom. The number of nitrogens with zero attached hydrogens (tertiary/aromatic N) is 1. The summed E-state index contributed by atoms with van der Waals surface area (Å²) in [6.07, 6.45) is 6.67. The Labute approximate surface area is 111 Å². The summed E-state index contributed by atoms with van der Waals surface area (Å²) in [5.74, 6) is 0.295. The lowest BCUT2D eigenvalue weighted by molar-refractivity contribution is 0.0953. The highest BCUT2D eigenvalue weighted by Crippen LogP contribution is 2.07. The van der Waals surface area contributed by atoms with E-state index in [0.717, 1.165) is 5.56 Å². The first-order chi connectivity index (χ1) is 9.27. The molecule has 0 radical (unpaired) electrons. The summed E-state index contributed by atoms with van der Waals surface area (Å²) >= 11 is 0. The van der Waals surface area contributed by atoms with Gasteiger partial charge in [-0.25, -0.2) is 5.43 Å². The van der Waals surface area contributed by atoms with Gasteiger partial charge in [0.2, 0.25) is 0 Å². The fourth-order valence-corrected chi connectivity index (χ4v) is 1.54. The van der Waals surface area contributed by atoms with Crippen molar-refractivity contribution in [3.05, 3.63) is 65.6 Å². The fraction of sp³-hybridized carbons (Fsp3) is 0.0667. The number of hydrogen-bond donors (Lipinski definition) is 1. The molecule has 0 bridgehead atoms. The number of aryl methyl sites for hydroxylation is 1. The number of benzene rings is 1. The molecule has 0 atom stereocenters. The second-order valence-electron chi connectivity index (χ2n) is 3.88. The molecule has 1 N–H and O–H groups in total. The van der Waals surface area contributed by atoms with E-state index >= 15 is 0 Å². The van der Waals surface area contributed by atoms with Crippen LogP contribution in [0.5, 0.6) is 0 Å². The molecule has 4 heteroatoms. The highest BCUT2D eigenvalue weighted by molar-refractivity contribution is 5.95. The predicted molar refractivity (Wildman–Crippen MR) is 74.9 cm³/mol. The van der Waals surface area contributed by atoms with Gasteiger partial charge in [0.1, 0.15) is 5.76 Å². The van der Waals surface area contributed by atoms with Crippen LogP contribution in [0.3, 0.4) is 0 Å². The lowest BCUT2D eigenvalue weighted by Gasteiger charge is -1.95. The molecular weight excluding hydrogens is 240 g/mol. The number of amides is 1. The Bertz CT molecular complexity index is 598. The molecule has 0 aliphatic rings. The van der Waals surface area contributed by atoms with E-state index in [9.17, 15) is 4.79 Å². The Morgan fingerprint density at radius 3 is 2.74 bits per heavy atom. The van der Waals surface area contributed by atoms with Crippen molar-refractivity contribution in [1.29, 1.82) is 0 Å². The van der Waals surface area contributed by atoms with Gasteiger partial charge in [-0.05, 0) is 24.6 Å². The van der Waals surface area contributed by atoms with Gasteiger partial charge in [0.15, 0.2) is 0 Å². The molecule has 1 aromatic heterocycles. The Kier molecular flexibility index (Phi) is 4.29. The molecule has 0 spiro atoms. The van der Waals surface area contributed by atoms with E-state index in [-0.39, 0.29) is 5.91 Å². The van der Waals surface area contributed by atoms with Crippen molar-refractivity contribution in [2.24, 2.45) is 5.10 Å². The van der Waals surface area contributed by atoms with Crippen LogP contribution in [0, 0.1) is 6.92 Å². The molecule has 1 amide bonds. The molecule has 2 aromatic rings. The van der Waals surface area contributed by atoms with E-state index in [1.165, 1.54) is 12.5 Å². The highest BCUT2D eigenvalue weighted by Gasteiger charge is 2.09. The number of hydrazone groups is 1. The largest absolute Gasteiger partial charge is 0.469 e. The second kappa shape index (κ2) is 6.35. The third-order valence-corrected chi connectivity index (χ3v) is 2.52. The summed E-state index contributed by atoms with van der Waals surface area (Å²) in [5, 5.41) is 3.83. The van der Waals surface area contributed by atoms with Gasteiger partial charge in [-0.3, -0.25) is 4.79 Å². The zero-order valence-corrected chi connectivity index (χ0v) is 10.5. The fourth-order valence-electron chi connectivity index (χ4n) is 1.54. The smallest absolute Gasteiger partial charge is 0.274 e. The molecule has 0 saturated carbocycles. The maximum Gasteiger partial charge on any atom is 0.274 e. The Morgan fingerprint density at radius 2 is 2.05 bits per heavy atom. The molecule has 0 unspecified atom stereocenters. The summed E-state index contributed by atoms with van der Waals surface area (Å²) in [6, 6.07) is 11.5. The van der Waals surface area contributed by atoms with E-state index < -0.39 is 0 Å². The maximum atomic E-state index is 11.7. The van der Waals surface area contributed by atoms with Gasteiger partial charge < -0.3 is 4.42 Å².